The second-order valence-electron chi connectivity index (χ2n) is 6.48. The van der Waals surface area contributed by atoms with Gasteiger partial charge in [-0.3, -0.25) is 4.79 Å². The lowest BCUT2D eigenvalue weighted by Gasteiger charge is -2.26. The van der Waals surface area contributed by atoms with Gasteiger partial charge in [0.1, 0.15) is 5.75 Å². The van der Waals surface area contributed by atoms with E-state index in [4.69, 9.17) is 11.6 Å². The number of hydrazone groups is 1. The van der Waals surface area contributed by atoms with Gasteiger partial charge in [-0.05, 0) is 43.3 Å². The standard InChI is InChI=1S/C19H21ClN4O4S.ClH/c1-13(17-12-15(20)5-6-18(17)25)22-23-19(26)14-3-2-4-16(11-14)29(27,28)24-9-7-21-8-10-24;/h2-6,11-12,21,25H,7-10H2,1H3,(H,23,26);1H/b22-13+;. The van der Waals surface area contributed by atoms with Crippen LogP contribution in [0.1, 0.15) is 22.8 Å². The zero-order chi connectivity index (χ0) is 21.0. The lowest BCUT2D eigenvalue weighted by Crippen LogP contribution is -2.46. The van der Waals surface area contributed by atoms with E-state index in [1.54, 1.807) is 6.92 Å². The molecule has 1 heterocycles. The number of benzene rings is 2. The molecule has 0 unspecified atom stereocenters. The van der Waals surface area contributed by atoms with Crippen LogP contribution in [-0.2, 0) is 10.0 Å². The van der Waals surface area contributed by atoms with E-state index in [-0.39, 0.29) is 28.6 Å². The van der Waals surface area contributed by atoms with Crippen LogP contribution in [0.3, 0.4) is 0 Å². The zero-order valence-corrected chi connectivity index (χ0v) is 18.5. The summed E-state index contributed by atoms with van der Waals surface area (Å²) in [5.41, 5.74) is 3.27. The number of phenols is 1. The SMILES string of the molecule is C/C(=N\NC(=O)c1cccc(S(=O)(=O)N2CCNCC2)c1)c1cc(Cl)ccc1O.Cl. The van der Waals surface area contributed by atoms with Crippen LogP contribution in [-0.4, -0.2) is 55.6 Å². The van der Waals surface area contributed by atoms with E-state index in [9.17, 15) is 18.3 Å². The molecule has 1 aliphatic heterocycles. The molecule has 2 aromatic carbocycles. The molecule has 3 N–H and O–H groups in total. The van der Waals surface area contributed by atoms with Crippen molar-refractivity contribution in [2.75, 3.05) is 26.2 Å². The van der Waals surface area contributed by atoms with Crippen molar-refractivity contribution in [1.29, 1.82) is 0 Å². The van der Waals surface area contributed by atoms with Gasteiger partial charge in [-0.15, -0.1) is 12.4 Å². The van der Waals surface area contributed by atoms with Gasteiger partial charge in [-0.1, -0.05) is 17.7 Å². The molecule has 0 saturated carbocycles. The van der Waals surface area contributed by atoms with E-state index in [1.165, 1.54) is 46.8 Å². The third kappa shape index (κ3) is 5.50. The maximum Gasteiger partial charge on any atom is 0.271 e. The minimum Gasteiger partial charge on any atom is -0.507 e. The molecule has 1 fully saturated rings. The highest BCUT2D eigenvalue weighted by Crippen LogP contribution is 2.22. The summed E-state index contributed by atoms with van der Waals surface area (Å²) < 4.78 is 27.0. The van der Waals surface area contributed by atoms with Crippen molar-refractivity contribution in [3.8, 4) is 5.75 Å². The second-order valence-corrected chi connectivity index (χ2v) is 8.86. The van der Waals surface area contributed by atoms with E-state index in [2.05, 4.69) is 15.8 Å². The van der Waals surface area contributed by atoms with Crippen molar-refractivity contribution in [2.24, 2.45) is 5.10 Å². The molecule has 0 bridgehead atoms. The van der Waals surface area contributed by atoms with Gasteiger partial charge in [-0.2, -0.15) is 9.41 Å². The quantitative estimate of drug-likeness (QED) is 0.456. The number of halogens is 2. The molecule has 162 valence electrons. The van der Waals surface area contributed by atoms with Gasteiger partial charge >= 0.3 is 0 Å². The Morgan fingerprint density at radius 3 is 2.60 bits per heavy atom. The summed E-state index contributed by atoms with van der Waals surface area (Å²) in [6.07, 6.45) is 0. The Bertz CT molecular complexity index is 1050. The zero-order valence-electron chi connectivity index (χ0n) is 16.1. The summed E-state index contributed by atoms with van der Waals surface area (Å²) in [6, 6.07) is 10.3. The number of hydrogen-bond acceptors (Lipinski definition) is 6. The maximum atomic E-state index is 12.8. The molecule has 0 radical (unpaired) electrons. The predicted molar refractivity (Wildman–Crippen MR) is 118 cm³/mol. The molecule has 8 nitrogen and oxygen atoms in total. The monoisotopic (exact) mass is 472 g/mol. The molecule has 3 rings (SSSR count). The number of aromatic hydroxyl groups is 1. The van der Waals surface area contributed by atoms with Crippen LogP contribution in [0.15, 0.2) is 52.5 Å². The fourth-order valence-electron chi connectivity index (χ4n) is 2.89. The third-order valence-electron chi connectivity index (χ3n) is 4.48. The lowest BCUT2D eigenvalue weighted by molar-refractivity contribution is 0.0954. The summed E-state index contributed by atoms with van der Waals surface area (Å²) >= 11 is 5.93. The fraction of sp³-hybridized carbons (Fsp3) is 0.263. The molecule has 1 saturated heterocycles. The van der Waals surface area contributed by atoms with Gasteiger partial charge < -0.3 is 10.4 Å². The number of sulfonamides is 1. The van der Waals surface area contributed by atoms with E-state index in [0.29, 0.717) is 42.5 Å². The van der Waals surface area contributed by atoms with Crippen molar-refractivity contribution >= 4 is 45.7 Å². The normalized spacial score (nSPS) is 15.3. The average Bonchev–Trinajstić information content (AvgIpc) is 2.74. The first-order chi connectivity index (χ1) is 13.8. The van der Waals surface area contributed by atoms with Crippen LogP contribution in [0.5, 0.6) is 5.75 Å². The highest BCUT2D eigenvalue weighted by Gasteiger charge is 2.26. The topological polar surface area (TPSA) is 111 Å². The molecule has 2 aromatic rings. The number of phenolic OH excluding ortho intramolecular Hbond substituents is 1. The molecule has 0 aromatic heterocycles. The van der Waals surface area contributed by atoms with Crippen LogP contribution in [0.4, 0.5) is 0 Å². The van der Waals surface area contributed by atoms with E-state index in [0.717, 1.165) is 0 Å². The molecule has 0 spiro atoms. The number of hydrogen-bond donors (Lipinski definition) is 3. The van der Waals surface area contributed by atoms with E-state index in [1.807, 2.05) is 0 Å². The Morgan fingerprint density at radius 1 is 1.20 bits per heavy atom. The highest BCUT2D eigenvalue weighted by atomic mass is 35.5. The van der Waals surface area contributed by atoms with Gasteiger partial charge in [-0.25, -0.2) is 13.8 Å². The largest absolute Gasteiger partial charge is 0.507 e. The first-order valence-electron chi connectivity index (χ1n) is 8.93. The van der Waals surface area contributed by atoms with Crippen molar-refractivity contribution in [1.82, 2.24) is 15.0 Å². The first kappa shape index (κ1) is 24.1. The Morgan fingerprint density at radius 2 is 1.90 bits per heavy atom. The van der Waals surface area contributed by atoms with E-state index >= 15 is 0 Å². The Hall–Kier alpha value is -2.17. The molecule has 1 amide bonds. The summed E-state index contributed by atoms with van der Waals surface area (Å²) in [7, 11) is -3.67. The summed E-state index contributed by atoms with van der Waals surface area (Å²) in [6.45, 7) is 3.54. The first-order valence-corrected chi connectivity index (χ1v) is 10.8. The molecule has 0 atom stereocenters. The Labute approximate surface area is 186 Å². The molecule has 0 aliphatic carbocycles. The molecular weight excluding hydrogens is 451 g/mol. The van der Waals surface area contributed by atoms with Crippen LogP contribution in [0.2, 0.25) is 5.02 Å². The van der Waals surface area contributed by atoms with Crippen LogP contribution < -0.4 is 10.7 Å². The Kier molecular flexibility index (Phi) is 8.22. The van der Waals surface area contributed by atoms with Crippen molar-refractivity contribution in [2.45, 2.75) is 11.8 Å². The van der Waals surface area contributed by atoms with Crippen LogP contribution in [0.25, 0.3) is 0 Å². The number of nitrogens with one attached hydrogen (secondary N) is 2. The smallest absolute Gasteiger partial charge is 0.271 e. The van der Waals surface area contributed by atoms with Gasteiger partial charge in [0.15, 0.2) is 0 Å². The third-order valence-corrected chi connectivity index (χ3v) is 6.61. The molecular formula is C19H22Cl2N4O4S. The predicted octanol–water partition coefficient (Wildman–Crippen LogP) is 2.22. The number of carbonyl (C=O) groups is 1. The number of amides is 1. The molecule has 11 heteroatoms. The Balaban J connectivity index is 0.00000320. The molecule has 1 aliphatic rings. The second kappa shape index (κ2) is 10.2. The van der Waals surface area contributed by atoms with Gasteiger partial charge in [0.2, 0.25) is 10.0 Å². The number of nitrogens with zero attached hydrogens (tertiary/aromatic N) is 2. The summed E-state index contributed by atoms with van der Waals surface area (Å²) in [5.74, 6) is -0.586. The fourth-order valence-corrected chi connectivity index (χ4v) is 4.55. The minimum absolute atomic E-state index is 0. The van der Waals surface area contributed by atoms with Crippen LogP contribution >= 0.6 is 24.0 Å². The minimum atomic E-state index is -3.67. The lowest BCUT2D eigenvalue weighted by atomic mass is 10.1. The maximum absolute atomic E-state index is 12.8. The number of piperazine rings is 1. The van der Waals surface area contributed by atoms with Crippen LogP contribution in [0, 0.1) is 0 Å². The number of rotatable bonds is 5. The average molecular weight is 473 g/mol. The summed E-state index contributed by atoms with van der Waals surface area (Å²) in [5, 5.41) is 17.4. The number of carbonyl (C=O) groups excluding carboxylic acids is 1. The van der Waals surface area contributed by atoms with Crippen molar-refractivity contribution in [3.05, 3.63) is 58.6 Å². The molecule has 30 heavy (non-hydrogen) atoms. The van der Waals surface area contributed by atoms with Gasteiger partial charge in [0.25, 0.3) is 5.91 Å². The van der Waals surface area contributed by atoms with E-state index < -0.39 is 15.9 Å². The van der Waals surface area contributed by atoms with Crippen molar-refractivity contribution < 1.29 is 18.3 Å². The van der Waals surface area contributed by atoms with Gasteiger partial charge in [0, 0.05) is 42.3 Å². The van der Waals surface area contributed by atoms with Gasteiger partial charge in [0.05, 0.1) is 10.6 Å². The highest BCUT2D eigenvalue weighted by molar-refractivity contribution is 7.89. The van der Waals surface area contributed by atoms with Crippen molar-refractivity contribution in [3.63, 3.8) is 0 Å². The summed E-state index contributed by atoms with van der Waals surface area (Å²) in [4.78, 5) is 12.5.